The summed E-state index contributed by atoms with van der Waals surface area (Å²) < 4.78 is 33.0. The first-order valence-electron chi connectivity index (χ1n) is 5.36. The van der Waals surface area contributed by atoms with Crippen LogP contribution in [0.5, 0.6) is 0 Å². The number of halogens is 3. The van der Waals surface area contributed by atoms with Crippen LogP contribution in [-0.4, -0.2) is 22.3 Å². The molecule has 1 amide bonds. The Balaban J connectivity index is 2.44. The van der Waals surface area contributed by atoms with Crippen molar-refractivity contribution in [1.82, 2.24) is 9.55 Å². The number of carbonyl (C=O) groups excluding carboxylic acids is 1. The van der Waals surface area contributed by atoms with Crippen molar-refractivity contribution in [3.63, 3.8) is 0 Å². The molecule has 0 radical (unpaired) electrons. The molecule has 1 aromatic heterocycles. The molecule has 8 heteroatoms. The van der Waals surface area contributed by atoms with E-state index in [-0.39, 0.29) is 30.1 Å². The molecule has 0 fully saturated rings. The largest absolute Gasteiger partial charge is 0.448 e. The number of carbonyl (C=O) groups is 1. The average molecular weight is 290 g/mol. The number of primary amides is 1. The molecule has 0 atom stereocenters. The van der Waals surface area contributed by atoms with E-state index in [2.05, 4.69) is 9.72 Å². The summed E-state index contributed by atoms with van der Waals surface area (Å²) >= 11 is 5.71. The molecule has 5 nitrogen and oxygen atoms in total. The molecule has 2 rings (SSSR count). The van der Waals surface area contributed by atoms with Gasteiger partial charge >= 0.3 is 6.09 Å². The van der Waals surface area contributed by atoms with E-state index in [4.69, 9.17) is 17.3 Å². The Bertz CT molecular complexity index is 630. The lowest BCUT2D eigenvalue weighted by Gasteiger charge is -2.08. The molecule has 2 aromatic rings. The number of hydrogen-bond donors (Lipinski definition) is 1. The fraction of sp³-hybridized carbons (Fsp3) is 0.273. The molecule has 0 unspecified atom stereocenters. The Morgan fingerprint density at radius 3 is 2.84 bits per heavy atom. The molecule has 102 valence electrons. The van der Waals surface area contributed by atoms with Gasteiger partial charge in [0.1, 0.15) is 17.9 Å². The highest BCUT2D eigenvalue weighted by atomic mass is 35.5. The van der Waals surface area contributed by atoms with Crippen molar-refractivity contribution in [2.24, 2.45) is 5.73 Å². The van der Waals surface area contributed by atoms with Crippen LogP contribution in [0, 0.1) is 11.6 Å². The molecular weight excluding hydrogens is 280 g/mol. The minimum absolute atomic E-state index is 0.0104. The molecule has 1 heterocycles. The summed E-state index contributed by atoms with van der Waals surface area (Å²) in [5.74, 6) is -1.62. The van der Waals surface area contributed by atoms with Gasteiger partial charge in [-0.15, -0.1) is 11.6 Å². The van der Waals surface area contributed by atoms with Gasteiger partial charge in [-0.05, 0) is 12.1 Å². The molecule has 2 N–H and O–H groups in total. The van der Waals surface area contributed by atoms with Gasteiger partial charge in [-0.3, -0.25) is 0 Å². The minimum atomic E-state index is -1.01. The number of rotatable bonds is 4. The first-order chi connectivity index (χ1) is 9.04. The van der Waals surface area contributed by atoms with Gasteiger partial charge in [-0.25, -0.2) is 18.6 Å². The van der Waals surface area contributed by atoms with Crippen molar-refractivity contribution in [3.8, 4) is 0 Å². The van der Waals surface area contributed by atoms with E-state index in [0.717, 1.165) is 6.07 Å². The summed E-state index contributed by atoms with van der Waals surface area (Å²) in [5, 5.41) is 0. The van der Waals surface area contributed by atoms with Crippen LogP contribution in [-0.2, 0) is 17.2 Å². The standard InChI is InChI=1S/C11H10ClF2N3O2/c12-5-8-16-7-2-1-6(13)9(14)10(7)17(8)3-4-19-11(15)18/h1-2H,3-5H2,(H2,15,18). The normalized spacial score (nSPS) is 10.9. The summed E-state index contributed by atoms with van der Waals surface area (Å²) in [5.41, 5.74) is 5.10. The minimum Gasteiger partial charge on any atom is -0.448 e. The van der Waals surface area contributed by atoms with Crippen LogP contribution in [0.4, 0.5) is 13.6 Å². The number of benzene rings is 1. The molecule has 0 aliphatic heterocycles. The van der Waals surface area contributed by atoms with Crippen molar-refractivity contribution < 1.29 is 18.3 Å². The number of hydrogen-bond acceptors (Lipinski definition) is 3. The molecule has 0 saturated carbocycles. The van der Waals surface area contributed by atoms with Gasteiger partial charge in [0.05, 0.1) is 17.9 Å². The fourth-order valence-electron chi connectivity index (χ4n) is 1.79. The number of aromatic nitrogens is 2. The summed E-state index contributed by atoms with van der Waals surface area (Å²) in [6.45, 7) is 0.00248. The molecule has 0 saturated heterocycles. The number of ether oxygens (including phenoxy) is 1. The highest BCUT2D eigenvalue weighted by molar-refractivity contribution is 6.16. The van der Waals surface area contributed by atoms with Gasteiger partial charge in [-0.1, -0.05) is 0 Å². The second kappa shape index (κ2) is 5.40. The zero-order chi connectivity index (χ0) is 14.0. The second-order valence-electron chi connectivity index (χ2n) is 3.71. The number of imidazole rings is 1. The van der Waals surface area contributed by atoms with Crippen molar-refractivity contribution >= 4 is 28.7 Å². The first-order valence-corrected chi connectivity index (χ1v) is 5.89. The first kappa shape index (κ1) is 13.5. The van der Waals surface area contributed by atoms with Crippen LogP contribution in [0.1, 0.15) is 5.82 Å². The van der Waals surface area contributed by atoms with Gasteiger partial charge < -0.3 is 15.0 Å². The lowest BCUT2D eigenvalue weighted by atomic mass is 10.3. The van der Waals surface area contributed by atoms with E-state index in [0.29, 0.717) is 5.82 Å². The number of nitrogens with two attached hydrogens (primary N) is 1. The van der Waals surface area contributed by atoms with Crippen molar-refractivity contribution in [2.75, 3.05) is 6.61 Å². The molecule has 0 spiro atoms. The fourth-order valence-corrected chi connectivity index (χ4v) is 1.99. The van der Waals surface area contributed by atoms with Gasteiger partial charge in [0.15, 0.2) is 11.6 Å². The molecule has 1 aromatic carbocycles. The van der Waals surface area contributed by atoms with Gasteiger partial charge in [0.25, 0.3) is 0 Å². The molecule has 0 aliphatic carbocycles. The van der Waals surface area contributed by atoms with Crippen LogP contribution >= 0.6 is 11.6 Å². The van der Waals surface area contributed by atoms with Crippen LogP contribution in [0.15, 0.2) is 12.1 Å². The Hall–Kier alpha value is -1.89. The van der Waals surface area contributed by atoms with E-state index in [1.807, 2.05) is 0 Å². The van der Waals surface area contributed by atoms with Crippen molar-refractivity contribution in [3.05, 3.63) is 29.6 Å². The Labute approximate surface area is 111 Å². The average Bonchev–Trinajstić information content (AvgIpc) is 2.72. The highest BCUT2D eigenvalue weighted by Crippen LogP contribution is 2.22. The summed E-state index contributed by atoms with van der Waals surface area (Å²) in [6.07, 6.45) is -0.941. The number of nitrogens with zero attached hydrogens (tertiary/aromatic N) is 2. The van der Waals surface area contributed by atoms with Crippen molar-refractivity contribution in [2.45, 2.75) is 12.4 Å². The predicted octanol–water partition coefficient (Wildman–Crippen LogP) is 2.15. The maximum atomic E-state index is 13.8. The topological polar surface area (TPSA) is 70.1 Å². The van der Waals surface area contributed by atoms with Crippen LogP contribution in [0.2, 0.25) is 0 Å². The third-order valence-corrected chi connectivity index (χ3v) is 2.80. The SMILES string of the molecule is NC(=O)OCCn1c(CCl)nc2ccc(F)c(F)c21. The maximum absolute atomic E-state index is 13.8. The van der Waals surface area contributed by atoms with Crippen LogP contribution in [0.3, 0.4) is 0 Å². The second-order valence-corrected chi connectivity index (χ2v) is 3.98. The zero-order valence-corrected chi connectivity index (χ0v) is 10.5. The quantitative estimate of drug-likeness (QED) is 0.877. The third kappa shape index (κ3) is 2.60. The lowest BCUT2D eigenvalue weighted by Crippen LogP contribution is -2.17. The number of alkyl halides is 1. The zero-order valence-electron chi connectivity index (χ0n) is 9.70. The molecule has 19 heavy (non-hydrogen) atoms. The monoisotopic (exact) mass is 289 g/mol. The van der Waals surface area contributed by atoms with E-state index >= 15 is 0 Å². The number of amides is 1. The van der Waals surface area contributed by atoms with E-state index in [1.54, 1.807) is 0 Å². The van der Waals surface area contributed by atoms with Gasteiger partial charge in [0, 0.05) is 0 Å². The predicted molar refractivity (Wildman–Crippen MR) is 64.7 cm³/mol. The van der Waals surface area contributed by atoms with Crippen molar-refractivity contribution in [1.29, 1.82) is 0 Å². The van der Waals surface area contributed by atoms with E-state index < -0.39 is 17.7 Å². The third-order valence-electron chi connectivity index (χ3n) is 2.56. The van der Waals surface area contributed by atoms with E-state index in [1.165, 1.54) is 10.6 Å². The summed E-state index contributed by atoms with van der Waals surface area (Å²) in [7, 11) is 0. The number of fused-ring (bicyclic) bond motifs is 1. The molecule has 0 bridgehead atoms. The van der Waals surface area contributed by atoms with E-state index in [9.17, 15) is 13.6 Å². The maximum Gasteiger partial charge on any atom is 0.404 e. The smallest absolute Gasteiger partial charge is 0.404 e. The lowest BCUT2D eigenvalue weighted by molar-refractivity contribution is 0.152. The van der Waals surface area contributed by atoms with Crippen LogP contribution < -0.4 is 5.73 Å². The van der Waals surface area contributed by atoms with Crippen LogP contribution in [0.25, 0.3) is 11.0 Å². The Morgan fingerprint density at radius 1 is 1.47 bits per heavy atom. The Morgan fingerprint density at radius 2 is 2.21 bits per heavy atom. The molecular formula is C11H10ClF2N3O2. The summed E-state index contributed by atoms with van der Waals surface area (Å²) in [4.78, 5) is 14.6. The molecule has 0 aliphatic rings. The summed E-state index contributed by atoms with van der Waals surface area (Å²) in [6, 6.07) is 2.35. The Kier molecular flexibility index (Phi) is 3.84. The van der Waals surface area contributed by atoms with Gasteiger partial charge in [0.2, 0.25) is 0 Å². The van der Waals surface area contributed by atoms with Gasteiger partial charge in [-0.2, -0.15) is 0 Å². The highest BCUT2D eigenvalue weighted by Gasteiger charge is 2.17.